The Hall–Kier alpha value is 1.00. The Labute approximate surface area is 251 Å². The molecule has 0 spiro atoms. The molecule has 2 atom stereocenters. The van der Waals surface area contributed by atoms with Crippen molar-refractivity contribution in [2.75, 3.05) is 12.3 Å². The Morgan fingerprint density at radius 2 is 0.649 bits per heavy atom. The largest absolute Gasteiger partial charge is 0.134 e. The molecule has 37 heavy (non-hydrogen) atoms. The fourth-order valence-electron chi connectivity index (χ4n) is 8.49. The van der Waals surface area contributed by atoms with E-state index in [4.69, 9.17) is 0 Å². The molecule has 0 N–H and O–H groups in total. The van der Waals surface area contributed by atoms with E-state index in [1.165, 1.54) is 141 Å². The van der Waals surface area contributed by atoms with Crippen LogP contribution in [0.5, 0.6) is 0 Å². The molecule has 0 heterocycles. The molecule has 0 amide bonds. The number of hydrogen-bond acceptors (Lipinski definition) is 0. The molecule has 4 saturated carbocycles. The molecule has 0 nitrogen and oxygen atoms in total. The van der Waals surface area contributed by atoms with E-state index in [9.17, 15) is 0 Å². The second kappa shape index (κ2) is 21.7. The molecule has 0 saturated heterocycles. The van der Waals surface area contributed by atoms with Gasteiger partial charge in [0, 0.05) is 20.4 Å². The first kappa shape index (κ1) is 34.2. The van der Waals surface area contributed by atoms with Gasteiger partial charge in [0.15, 0.2) is 0 Å². The molecule has 3 heteroatoms. The Bertz CT molecular complexity index is 491. The predicted molar refractivity (Wildman–Crippen MR) is 170 cm³/mol. The predicted octanol–water partition coefficient (Wildman–Crippen LogP) is 11.2. The maximum absolute atomic E-state index is 2.81. The first-order chi connectivity index (χ1) is 17.8. The molecule has 4 aliphatic carbocycles. The maximum atomic E-state index is 2.81. The van der Waals surface area contributed by atoms with Gasteiger partial charge in [-0.3, -0.25) is 0 Å². The van der Waals surface area contributed by atoms with Gasteiger partial charge in [-0.05, 0) is 60.7 Å². The van der Waals surface area contributed by atoms with Gasteiger partial charge in [-0.2, -0.15) is 0 Å². The summed E-state index contributed by atoms with van der Waals surface area (Å²) in [4.78, 5) is 0. The van der Waals surface area contributed by atoms with Crippen molar-refractivity contribution >= 4 is 18.5 Å². The molecular weight excluding hydrogens is 577 g/mol. The van der Waals surface area contributed by atoms with Crippen LogP contribution >= 0.6 is 18.5 Å². The van der Waals surface area contributed by atoms with Crippen LogP contribution in [0.2, 0.25) is 0 Å². The van der Waals surface area contributed by atoms with E-state index in [1.807, 2.05) is 0 Å². The van der Waals surface area contributed by atoms with Gasteiger partial charge in [0.25, 0.3) is 0 Å². The van der Waals surface area contributed by atoms with Crippen LogP contribution in [-0.2, 0) is 20.4 Å². The van der Waals surface area contributed by atoms with Crippen LogP contribution in [0, 0.1) is 35.5 Å². The van der Waals surface area contributed by atoms with Crippen molar-refractivity contribution in [1.82, 2.24) is 0 Å². The van der Waals surface area contributed by atoms with E-state index in [1.54, 1.807) is 0 Å². The van der Waals surface area contributed by atoms with Gasteiger partial charge in [0.1, 0.15) is 0 Å². The summed E-state index contributed by atoms with van der Waals surface area (Å²) < 4.78 is 0. The number of rotatable bonds is 10. The molecule has 0 aromatic heterocycles. The van der Waals surface area contributed by atoms with Gasteiger partial charge in [-0.15, -0.1) is 18.5 Å². The fourth-order valence-corrected chi connectivity index (χ4v) is 8.87. The third kappa shape index (κ3) is 13.0. The summed E-state index contributed by atoms with van der Waals surface area (Å²) >= 11 is 0. The molecule has 0 aromatic carbocycles. The fraction of sp³-hybridized carbons (Fsp3) is 0.882. The maximum Gasteiger partial charge on any atom is 0 e. The topological polar surface area (TPSA) is 0 Å². The minimum absolute atomic E-state index is 0. The standard InChI is InChI=1S/2C17H31P.Pd/c2*18-14-8-7-13-17(15-9-3-1-4-10-15)16-11-5-2-6-12-16;/h2*7-8,15-17H,1-6,9-14,18H2;. The van der Waals surface area contributed by atoms with Crippen molar-refractivity contribution in [2.24, 2.45) is 35.5 Å². The SMILES string of the molecule is PCC=CCC(C1CCCCC1)C1CCCCC1.PCC=CCC(C1CCCCC1)C1CCCCC1.[Pd]. The number of allylic oxidation sites excluding steroid dienone is 4. The van der Waals surface area contributed by atoms with Crippen molar-refractivity contribution < 1.29 is 20.4 Å². The zero-order valence-corrected chi connectivity index (χ0v) is 28.1. The molecule has 0 aliphatic heterocycles. The van der Waals surface area contributed by atoms with E-state index in [0.29, 0.717) is 0 Å². The molecule has 0 aromatic rings. The monoisotopic (exact) mass is 638 g/mol. The van der Waals surface area contributed by atoms with Crippen LogP contribution in [0.3, 0.4) is 0 Å². The number of hydrogen-bond donors (Lipinski definition) is 0. The van der Waals surface area contributed by atoms with Crippen molar-refractivity contribution in [2.45, 2.75) is 141 Å². The third-order valence-corrected chi connectivity index (χ3v) is 11.0. The van der Waals surface area contributed by atoms with Gasteiger partial charge >= 0.3 is 0 Å². The van der Waals surface area contributed by atoms with Gasteiger partial charge in [0.05, 0.1) is 0 Å². The summed E-state index contributed by atoms with van der Waals surface area (Å²) in [6.45, 7) is 0. The summed E-state index contributed by atoms with van der Waals surface area (Å²) in [5.74, 6) is 6.23. The van der Waals surface area contributed by atoms with Gasteiger partial charge in [-0.1, -0.05) is 153 Å². The zero-order valence-electron chi connectivity index (χ0n) is 24.2. The van der Waals surface area contributed by atoms with Crippen molar-refractivity contribution in [1.29, 1.82) is 0 Å². The minimum Gasteiger partial charge on any atom is -0.134 e. The molecule has 2 unspecified atom stereocenters. The summed E-state index contributed by atoms with van der Waals surface area (Å²) in [5, 5.41) is 0. The van der Waals surface area contributed by atoms with Crippen LogP contribution in [0.1, 0.15) is 141 Å². The molecule has 218 valence electrons. The van der Waals surface area contributed by atoms with E-state index in [2.05, 4.69) is 42.8 Å². The summed E-state index contributed by atoms with van der Waals surface area (Å²) in [6.07, 6.45) is 44.8. The second-order valence-electron chi connectivity index (χ2n) is 12.8. The van der Waals surface area contributed by atoms with Crippen molar-refractivity contribution in [3.05, 3.63) is 24.3 Å². The Morgan fingerprint density at radius 3 is 0.865 bits per heavy atom. The van der Waals surface area contributed by atoms with Gasteiger partial charge in [-0.25, -0.2) is 0 Å². The van der Waals surface area contributed by atoms with Crippen LogP contribution in [0.4, 0.5) is 0 Å². The van der Waals surface area contributed by atoms with Gasteiger partial charge in [0.2, 0.25) is 0 Å². The molecule has 4 rings (SSSR count). The summed E-state index contributed by atoms with van der Waals surface area (Å²) in [7, 11) is 5.62. The Balaban J connectivity index is 0.000000253. The normalized spacial score (nSPS) is 23.5. The van der Waals surface area contributed by atoms with E-state index in [-0.39, 0.29) is 20.4 Å². The third-order valence-electron chi connectivity index (χ3n) is 10.4. The first-order valence-electron chi connectivity index (χ1n) is 16.5. The Morgan fingerprint density at radius 1 is 0.405 bits per heavy atom. The molecule has 4 fully saturated rings. The van der Waals surface area contributed by atoms with Crippen LogP contribution in [-0.4, -0.2) is 12.3 Å². The van der Waals surface area contributed by atoms with E-state index in [0.717, 1.165) is 47.8 Å². The quantitative estimate of drug-likeness (QED) is 0.127. The summed E-state index contributed by atoms with van der Waals surface area (Å²) in [6, 6.07) is 0. The second-order valence-corrected chi connectivity index (χ2v) is 13.7. The van der Waals surface area contributed by atoms with E-state index >= 15 is 0 Å². The molecule has 0 radical (unpaired) electrons. The summed E-state index contributed by atoms with van der Waals surface area (Å²) in [5.41, 5.74) is 0. The van der Waals surface area contributed by atoms with Crippen LogP contribution < -0.4 is 0 Å². The molecule has 0 bridgehead atoms. The van der Waals surface area contributed by atoms with E-state index < -0.39 is 0 Å². The van der Waals surface area contributed by atoms with Crippen molar-refractivity contribution in [3.8, 4) is 0 Å². The minimum atomic E-state index is 0. The first-order valence-corrected chi connectivity index (χ1v) is 18.2. The van der Waals surface area contributed by atoms with Crippen molar-refractivity contribution in [3.63, 3.8) is 0 Å². The average Bonchev–Trinajstić information content (AvgIpc) is 2.96. The smallest absolute Gasteiger partial charge is 0 e. The zero-order chi connectivity index (χ0) is 25.3. The van der Waals surface area contributed by atoms with Crippen LogP contribution in [0.15, 0.2) is 24.3 Å². The average molecular weight is 639 g/mol. The van der Waals surface area contributed by atoms with Gasteiger partial charge < -0.3 is 0 Å². The Kier molecular flexibility index (Phi) is 20.1. The van der Waals surface area contributed by atoms with Crippen LogP contribution in [0.25, 0.3) is 0 Å². The molecule has 4 aliphatic rings. The molecular formula is C34H62P2Pd.